The zero-order valence-electron chi connectivity index (χ0n) is 7.55. The average molecular weight is 155 g/mol. The standard InChI is InChI=1S/C9H17NO/c1-6(2)10-9(11)8-4-7(3)5-8/h6-8H,4-5H2,1-3H3,(H,10,11)/t7-,8-. The summed E-state index contributed by atoms with van der Waals surface area (Å²) in [5.74, 6) is 1.32. The Bertz CT molecular complexity index is 148. The van der Waals surface area contributed by atoms with Crippen molar-refractivity contribution in [2.45, 2.75) is 39.7 Å². The van der Waals surface area contributed by atoms with Crippen molar-refractivity contribution in [2.75, 3.05) is 0 Å². The highest BCUT2D eigenvalue weighted by Crippen LogP contribution is 2.32. The molecule has 0 aromatic rings. The Morgan fingerprint density at radius 2 is 2.00 bits per heavy atom. The molecule has 0 atom stereocenters. The summed E-state index contributed by atoms with van der Waals surface area (Å²) < 4.78 is 0. The van der Waals surface area contributed by atoms with E-state index in [0.717, 1.165) is 18.8 Å². The molecular weight excluding hydrogens is 138 g/mol. The molecule has 1 aliphatic carbocycles. The van der Waals surface area contributed by atoms with Gasteiger partial charge in [-0.25, -0.2) is 0 Å². The summed E-state index contributed by atoms with van der Waals surface area (Å²) >= 11 is 0. The van der Waals surface area contributed by atoms with Crippen molar-refractivity contribution in [3.8, 4) is 0 Å². The number of hydrogen-bond acceptors (Lipinski definition) is 1. The summed E-state index contributed by atoms with van der Waals surface area (Å²) in [6, 6.07) is 0.290. The van der Waals surface area contributed by atoms with E-state index in [2.05, 4.69) is 12.2 Å². The van der Waals surface area contributed by atoms with Crippen LogP contribution in [0.3, 0.4) is 0 Å². The molecule has 1 rings (SSSR count). The molecule has 11 heavy (non-hydrogen) atoms. The van der Waals surface area contributed by atoms with Gasteiger partial charge < -0.3 is 5.32 Å². The first-order chi connectivity index (χ1) is 5.09. The number of carbonyl (C=O) groups is 1. The van der Waals surface area contributed by atoms with Gasteiger partial charge in [0.2, 0.25) is 5.91 Å². The zero-order valence-corrected chi connectivity index (χ0v) is 7.55. The molecular formula is C9H17NO. The quantitative estimate of drug-likeness (QED) is 0.644. The van der Waals surface area contributed by atoms with Gasteiger partial charge in [-0.1, -0.05) is 6.92 Å². The van der Waals surface area contributed by atoms with Gasteiger partial charge >= 0.3 is 0 Å². The second-order valence-electron chi connectivity index (χ2n) is 3.94. The van der Waals surface area contributed by atoms with Crippen LogP contribution in [0.5, 0.6) is 0 Å². The lowest BCUT2D eigenvalue weighted by molar-refractivity contribution is -0.129. The zero-order chi connectivity index (χ0) is 8.43. The number of nitrogens with one attached hydrogen (secondary N) is 1. The largest absolute Gasteiger partial charge is 0.354 e. The van der Waals surface area contributed by atoms with E-state index in [1.165, 1.54) is 0 Å². The van der Waals surface area contributed by atoms with Gasteiger partial charge in [-0.2, -0.15) is 0 Å². The molecule has 0 saturated heterocycles. The Morgan fingerprint density at radius 1 is 1.45 bits per heavy atom. The lowest BCUT2D eigenvalue weighted by Crippen LogP contribution is -2.40. The fraction of sp³-hybridized carbons (Fsp3) is 0.889. The fourth-order valence-corrected chi connectivity index (χ4v) is 1.52. The van der Waals surface area contributed by atoms with Crippen LogP contribution in [0.15, 0.2) is 0 Å². The van der Waals surface area contributed by atoms with E-state index in [1.807, 2.05) is 13.8 Å². The van der Waals surface area contributed by atoms with Gasteiger partial charge in [0.15, 0.2) is 0 Å². The molecule has 2 heteroatoms. The van der Waals surface area contributed by atoms with E-state index in [1.54, 1.807) is 0 Å². The molecule has 0 spiro atoms. The van der Waals surface area contributed by atoms with Crippen LogP contribution in [0, 0.1) is 11.8 Å². The summed E-state index contributed by atoms with van der Waals surface area (Å²) in [7, 11) is 0. The van der Waals surface area contributed by atoms with Gasteiger partial charge in [0.05, 0.1) is 0 Å². The monoisotopic (exact) mass is 155 g/mol. The molecule has 0 aliphatic heterocycles. The number of hydrogen-bond donors (Lipinski definition) is 1. The van der Waals surface area contributed by atoms with Crippen molar-refractivity contribution in [3.63, 3.8) is 0 Å². The number of amides is 1. The molecule has 1 fully saturated rings. The predicted molar refractivity (Wildman–Crippen MR) is 45.2 cm³/mol. The predicted octanol–water partition coefficient (Wildman–Crippen LogP) is 1.56. The highest BCUT2D eigenvalue weighted by Gasteiger charge is 2.31. The maximum atomic E-state index is 11.3. The van der Waals surface area contributed by atoms with E-state index < -0.39 is 0 Å². The molecule has 0 aromatic carbocycles. The maximum Gasteiger partial charge on any atom is 0.223 e. The van der Waals surface area contributed by atoms with Crippen molar-refractivity contribution >= 4 is 5.91 Å². The molecule has 0 bridgehead atoms. The summed E-state index contributed by atoms with van der Waals surface area (Å²) in [5.41, 5.74) is 0. The SMILES string of the molecule is CC(C)NC(=O)[C@H]1C[C@H](C)C1. The Balaban J connectivity index is 2.21. The number of carbonyl (C=O) groups excluding carboxylic acids is 1. The van der Waals surface area contributed by atoms with Crippen LogP contribution in [0.25, 0.3) is 0 Å². The first kappa shape index (κ1) is 8.57. The molecule has 1 aliphatic rings. The summed E-state index contributed by atoms with van der Waals surface area (Å²) in [4.78, 5) is 11.3. The van der Waals surface area contributed by atoms with Crippen LogP contribution in [0.1, 0.15) is 33.6 Å². The van der Waals surface area contributed by atoms with Crippen LogP contribution in [0.2, 0.25) is 0 Å². The topological polar surface area (TPSA) is 29.1 Å². The summed E-state index contributed by atoms with van der Waals surface area (Å²) in [5, 5.41) is 2.93. The van der Waals surface area contributed by atoms with Crippen LogP contribution in [-0.4, -0.2) is 11.9 Å². The normalized spacial score (nSPS) is 29.8. The Kier molecular flexibility index (Phi) is 2.53. The van der Waals surface area contributed by atoms with Crippen molar-refractivity contribution in [1.82, 2.24) is 5.32 Å². The van der Waals surface area contributed by atoms with Gasteiger partial charge in [-0.15, -0.1) is 0 Å². The highest BCUT2D eigenvalue weighted by molar-refractivity contribution is 5.79. The molecule has 0 aromatic heterocycles. The van der Waals surface area contributed by atoms with Gasteiger partial charge in [0.1, 0.15) is 0 Å². The third kappa shape index (κ3) is 2.21. The minimum Gasteiger partial charge on any atom is -0.354 e. The van der Waals surface area contributed by atoms with E-state index in [9.17, 15) is 4.79 Å². The van der Waals surface area contributed by atoms with E-state index in [0.29, 0.717) is 12.0 Å². The minimum atomic E-state index is 0.248. The first-order valence-corrected chi connectivity index (χ1v) is 4.40. The van der Waals surface area contributed by atoms with Crippen molar-refractivity contribution in [1.29, 1.82) is 0 Å². The molecule has 64 valence electrons. The maximum absolute atomic E-state index is 11.3. The summed E-state index contributed by atoms with van der Waals surface area (Å²) in [6.45, 7) is 6.19. The lowest BCUT2D eigenvalue weighted by Gasteiger charge is -2.31. The Labute approximate surface area is 68.4 Å². The van der Waals surface area contributed by atoms with E-state index >= 15 is 0 Å². The number of rotatable bonds is 2. The van der Waals surface area contributed by atoms with E-state index in [-0.39, 0.29) is 5.91 Å². The molecule has 0 unspecified atom stereocenters. The van der Waals surface area contributed by atoms with Crippen LogP contribution < -0.4 is 5.32 Å². The highest BCUT2D eigenvalue weighted by atomic mass is 16.1. The van der Waals surface area contributed by atoms with Crippen molar-refractivity contribution in [3.05, 3.63) is 0 Å². The smallest absolute Gasteiger partial charge is 0.223 e. The van der Waals surface area contributed by atoms with Gasteiger partial charge in [-0.05, 0) is 32.6 Å². The van der Waals surface area contributed by atoms with Crippen LogP contribution in [-0.2, 0) is 4.79 Å². The molecule has 1 N–H and O–H groups in total. The van der Waals surface area contributed by atoms with E-state index in [4.69, 9.17) is 0 Å². The average Bonchev–Trinajstić information content (AvgIpc) is 1.79. The fourth-order valence-electron chi connectivity index (χ4n) is 1.52. The van der Waals surface area contributed by atoms with Gasteiger partial charge in [-0.3, -0.25) is 4.79 Å². The van der Waals surface area contributed by atoms with Crippen LogP contribution >= 0.6 is 0 Å². The first-order valence-electron chi connectivity index (χ1n) is 4.40. The Hall–Kier alpha value is -0.530. The third-order valence-electron chi connectivity index (χ3n) is 2.18. The van der Waals surface area contributed by atoms with Gasteiger partial charge in [0, 0.05) is 12.0 Å². The molecule has 1 amide bonds. The van der Waals surface area contributed by atoms with Crippen molar-refractivity contribution in [2.24, 2.45) is 11.8 Å². The second kappa shape index (κ2) is 3.24. The Morgan fingerprint density at radius 3 is 2.36 bits per heavy atom. The molecule has 0 radical (unpaired) electrons. The molecule has 1 saturated carbocycles. The van der Waals surface area contributed by atoms with Crippen LogP contribution in [0.4, 0.5) is 0 Å². The third-order valence-corrected chi connectivity index (χ3v) is 2.18. The van der Waals surface area contributed by atoms with Gasteiger partial charge in [0.25, 0.3) is 0 Å². The minimum absolute atomic E-state index is 0.248. The summed E-state index contributed by atoms with van der Waals surface area (Å²) in [6.07, 6.45) is 2.16. The molecule has 2 nitrogen and oxygen atoms in total. The lowest BCUT2D eigenvalue weighted by atomic mass is 9.75. The second-order valence-corrected chi connectivity index (χ2v) is 3.94. The molecule has 0 heterocycles. The van der Waals surface area contributed by atoms with Crippen molar-refractivity contribution < 1.29 is 4.79 Å².